The van der Waals surface area contributed by atoms with Gasteiger partial charge in [0.1, 0.15) is 11.9 Å². The lowest BCUT2D eigenvalue weighted by molar-refractivity contribution is -0.141. The van der Waals surface area contributed by atoms with Gasteiger partial charge in [0.25, 0.3) is 0 Å². The third-order valence-corrected chi connectivity index (χ3v) is 6.65. The number of hydrogen-bond donors (Lipinski definition) is 1. The van der Waals surface area contributed by atoms with Crippen LogP contribution >= 0.6 is 0 Å². The summed E-state index contributed by atoms with van der Waals surface area (Å²) in [4.78, 5) is 28.8. The first-order valence-electron chi connectivity index (χ1n) is 12.9. The molecule has 202 valence electrons. The van der Waals surface area contributed by atoms with Crippen LogP contribution in [-0.2, 0) is 29.0 Å². The summed E-state index contributed by atoms with van der Waals surface area (Å²) in [6.07, 6.45) is 1.65. The lowest BCUT2D eigenvalue weighted by atomic mass is 10.0. The minimum absolute atomic E-state index is 0.0110. The summed E-state index contributed by atoms with van der Waals surface area (Å²) in [5, 5.41) is 3.03. The molecule has 1 N–H and O–H groups in total. The molecule has 0 aliphatic heterocycles. The van der Waals surface area contributed by atoms with Crippen LogP contribution in [0.15, 0.2) is 72.8 Å². The number of aryl methyl sites for hydroxylation is 1. The maximum atomic E-state index is 14.7. The van der Waals surface area contributed by atoms with Crippen molar-refractivity contribution >= 4 is 11.8 Å². The number of halogens is 1. The van der Waals surface area contributed by atoms with Crippen LogP contribution in [0.1, 0.15) is 43.4 Å². The van der Waals surface area contributed by atoms with Gasteiger partial charge in [0.05, 0.1) is 14.2 Å². The molecule has 0 heterocycles. The van der Waals surface area contributed by atoms with E-state index >= 15 is 0 Å². The fraction of sp³-hybridized carbons (Fsp3) is 0.355. The van der Waals surface area contributed by atoms with Crippen molar-refractivity contribution in [3.8, 4) is 11.5 Å². The Labute approximate surface area is 224 Å². The van der Waals surface area contributed by atoms with Crippen molar-refractivity contribution in [2.75, 3.05) is 14.2 Å². The number of methoxy groups -OCH3 is 2. The number of carbonyl (C=O) groups excluding carboxylic acids is 2. The highest BCUT2D eigenvalue weighted by Gasteiger charge is 2.31. The number of benzene rings is 3. The van der Waals surface area contributed by atoms with E-state index in [1.54, 1.807) is 38.5 Å². The van der Waals surface area contributed by atoms with E-state index in [0.29, 0.717) is 29.9 Å². The van der Waals surface area contributed by atoms with Gasteiger partial charge in [-0.2, -0.15) is 0 Å². The van der Waals surface area contributed by atoms with Gasteiger partial charge >= 0.3 is 0 Å². The van der Waals surface area contributed by atoms with Crippen LogP contribution in [0.25, 0.3) is 0 Å². The second-order valence-corrected chi connectivity index (χ2v) is 9.33. The monoisotopic (exact) mass is 520 g/mol. The Hall–Kier alpha value is -3.87. The molecule has 2 atom stereocenters. The number of hydrogen-bond acceptors (Lipinski definition) is 4. The molecule has 0 unspecified atom stereocenters. The zero-order valence-corrected chi connectivity index (χ0v) is 22.6. The predicted molar refractivity (Wildman–Crippen MR) is 147 cm³/mol. The highest BCUT2D eigenvalue weighted by molar-refractivity contribution is 5.88. The molecule has 0 aromatic heterocycles. The standard InChI is InChI=1S/C31H37FN2O4/c1-5-22(2)33-31(36)27(19-23-11-7-6-8-12-23)34(21-25-13-9-10-14-26(25)32)30(35)18-16-24-15-17-28(37-3)29(20-24)38-4/h6-15,17,20,22,27H,5,16,18-19,21H2,1-4H3,(H,33,36)/t22-,27-/m1/s1. The Morgan fingerprint density at radius 1 is 0.921 bits per heavy atom. The number of ether oxygens (including phenoxy) is 2. The summed E-state index contributed by atoms with van der Waals surface area (Å²) >= 11 is 0. The first-order valence-corrected chi connectivity index (χ1v) is 12.9. The average molecular weight is 521 g/mol. The largest absolute Gasteiger partial charge is 0.493 e. The van der Waals surface area contributed by atoms with Crippen LogP contribution in [-0.4, -0.2) is 43.0 Å². The third-order valence-electron chi connectivity index (χ3n) is 6.65. The molecule has 0 bridgehead atoms. The molecule has 0 fully saturated rings. The van der Waals surface area contributed by atoms with Crippen molar-refractivity contribution in [1.82, 2.24) is 10.2 Å². The minimum Gasteiger partial charge on any atom is -0.493 e. The molecule has 3 aromatic carbocycles. The van der Waals surface area contributed by atoms with Gasteiger partial charge in [-0.05, 0) is 49.1 Å². The van der Waals surface area contributed by atoms with Gasteiger partial charge in [0, 0.05) is 31.0 Å². The number of carbonyl (C=O) groups is 2. The molecule has 2 amide bonds. The molecule has 3 rings (SSSR count). The van der Waals surface area contributed by atoms with Gasteiger partial charge < -0.3 is 19.7 Å². The van der Waals surface area contributed by atoms with E-state index < -0.39 is 11.9 Å². The van der Waals surface area contributed by atoms with E-state index in [9.17, 15) is 14.0 Å². The van der Waals surface area contributed by atoms with Gasteiger partial charge in [-0.25, -0.2) is 4.39 Å². The molecule has 0 aliphatic carbocycles. The van der Waals surface area contributed by atoms with Crippen LogP contribution in [0.4, 0.5) is 4.39 Å². The molecule has 0 spiro atoms. The van der Waals surface area contributed by atoms with Crippen molar-refractivity contribution in [3.05, 3.63) is 95.3 Å². The number of rotatable bonds is 13. The van der Waals surface area contributed by atoms with Gasteiger partial charge in [-0.3, -0.25) is 9.59 Å². The Bertz CT molecular complexity index is 1200. The summed E-state index contributed by atoms with van der Waals surface area (Å²) in [7, 11) is 3.13. The van der Waals surface area contributed by atoms with Crippen LogP contribution in [0, 0.1) is 5.82 Å². The highest BCUT2D eigenvalue weighted by atomic mass is 19.1. The average Bonchev–Trinajstić information content (AvgIpc) is 2.94. The zero-order chi connectivity index (χ0) is 27.5. The molecule has 7 heteroatoms. The summed E-state index contributed by atoms with van der Waals surface area (Å²) in [5.74, 6) is 0.289. The normalized spacial score (nSPS) is 12.3. The van der Waals surface area contributed by atoms with Gasteiger partial charge in [-0.15, -0.1) is 0 Å². The van der Waals surface area contributed by atoms with Crippen molar-refractivity contribution < 1.29 is 23.5 Å². The number of amides is 2. The fourth-order valence-corrected chi connectivity index (χ4v) is 4.24. The van der Waals surface area contributed by atoms with Crippen molar-refractivity contribution in [2.24, 2.45) is 0 Å². The van der Waals surface area contributed by atoms with E-state index in [4.69, 9.17) is 9.47 Å². The second kappa shape index (κ2) is 14.2. The Balaban J connectivity index is 1.92. The van der Waals surface area contributed by atoms with E-state index in [2.05, 4.69) is 5.32 Å². The first-order chi connectivity index (χ1) is 18.4. The van der Waals surface area contributed by atoms with Crippen molar-refractivity contribution in [3.63, 3.8) is 0 Å². The maximum Gasteiger partial charge on any atom is 0.243 e. The summed E-state index contributed by atoms with van der Waals surface area (Å²) in [6.45, 7) is 3.91. The topological polar surface area (TPSA) is 67.9 Å². The highest BCUT2D eigenvalue weighted by Crippen LogP contribution is 2.28. The van der Waals surface area contributed by atoms with E-state index in [-0.39, 0.29) is 30.8 Å². The number of nitrogens with zero attached hydrogens (tertiary/aromatic N) is 1. The lowest BCUT2D eigenvalue weighted by Gasteiger charge is -2.32. The molecule has 0 saturated heterocycles. The Morgan fingerprint density at radius 2 is 1.61 bits per heavy atom. The molecule has 3 aromatic rings. The van der Waals surface area contributed by atoms with E-state index in [0.717, 1.165) is 17.5 Å². The molecule has 0 aliphatic rings. The second-order valence-electron chi connectivity index (χ2n) is 9.33. The predicted octanol–water partition coefficient (Wildman–Crippen LogP) is 5.33. The third kappa shape index (κ3) is 7.81. The molecule has 6 nitrogen and oxygen atoms in total. The van der Waals surface area contributed by atoms with Gasteiger partial charge in [0.15, 0.2) is 11.5 Å². The van der Waals surface area contributed by atoms with Crippen molar-refractivity contribution in [2.45, 2.75) is 58.2 Å². The maximum absolute atomic E-state index is 14.7. The van der Waals surface area contributed by atoms with Crippen molar-refractivity contribution in [1.29, 1.82) is 0 Å². The van der Waals surface area contributed by atoms with Crippen LogP contribution < -0.4 is 14.8 Å². The van der Waals surface area contributed by atoms with Gasteiger partial charge in [0.2, 0.25) is 11.8 Å². The summed E-state index contributed by atoms with van der Waals surface area (Å²) < 4.78 is 25.4. The quantitative estimate of drug-likeness (QED) is 0.331. The molecule has 0 radical (unpaired) electrons. The summed E-state index contributed by atoms with van der Waals surface area (Å²) in [6, 6.07) is 20.6. The van der Waals surface area contributed by atoms with E-state index in [1.165, 1.54) is 11.0 Å². The fourth-order valence-electron chi connectivity index (χ4n) is 4.24. The minimum atomic E-state index is -0.802. The Morgan fingerprint density at radius 3 is 2.26 bits per heavy atom. The molecule has 38 heavy (non-hydrogen) atoms. The Kier molecular flexibility index (Phi) is 10.7. The van der Waals surface area contributed by atoms with E-state index in [1.807, 2.05) is 56.3 Å². The molecule has 0 saturated carbocycles. The lowest BCUT2D eigenvalue weighted by Crippen LogP contribution is -2.52. The van der Waals surface area contributed by atoms with Crippen LogP contribution in [0.5, 0.6) is 11.5 Å². The summed E-state index contributed by atoms with van der Waals surface area (Å²) in [5.41, 5.74) is 2.18. The SMILES string of the molecule is CC[C@@H](C)NC(=O)[C@@H](Cc1ccccc1)N(Cc1ccccc1F)C(=O)CCc1ccc(OC)c(OC)c1. The molecular weight excluding hydrogens is 483 g/mol. The molecular formula is C31H37FN2O4. The zero-order valence-electron chi connectivity index (χ0n) is 22.6. The number of nitrogens with one attached hydrogen (secondary N) is 1. The first kappa shape index (κ1) is 28.7. The van der Waals surface area contributed by atoms with Gasteiger partial charge in [-0.1, -0.05) is 61.5 Å². The van der Waals surface area contributed by atoms with Crippen LogP contribution in [0.3, 0.4) is 0 Å². The smallest absolute Gasteiger partial charge is 0.243 e. The van der Waals surface area contributed by atoms with Crippen LogP contribution in [0.2, 0.25) is 0 Å².